The first kappa shape index (κ1) is 13.8. The number of likely N-dealkylation sites (N-methyl/N-ethyl adjacent to an activating group) is 1. The number of quaternary nitrogens is 3. The fraction of sp³-hybridized carbons (Fsp3) is 0.571. The highest BCUT2D eigenvalue weighted by Crippen LogP contribution is 2.19. The lowest BCUT2D eigenvalue weighted by Crippen LogP contribution is -3.28. The summed E-state index contributed by atoms with van der Waals surface area (Å²) >= 11 is 6.33. The van der Waals surface area contributed by atoms with Crippen molar-refractivity contribution in [2.24, 2.45) is 0 Å². The van der Waals surface area contributed by atoms with Crippen LogP contribution in [0.1, 0.15) is 18.5 Å². The van der Waals surface area contributed by atoms with Crippen molar-refractivity contribution in [3.8, 4) is 0 Å². The van der Waals surface area contributed by atoms with Crippen LogP contribution >= 0.6 is 11.6 Å². The predicted molar refractivity (Wildman–Crippen MR) is 73.9 cm³/mol. The average Bonchev–Trinajstić information content (AvgIpc) is 2.42. The summed E-state index contributed by atoms with van der Waals surface area (Å²) in [6, 6.07) is 8.69. The quantitative estimate of drug-likeness (QED) is 0.591. The van der Waals surface area contributed by atoms with Gasteiger partial charge in [-0.15, -0.1) is 0 Å². The first-order valence-electron chi connectivity index (χ1n) is 6.98. The molecular weight excluding hydrogens is 246 g/mol. The number of piperazine rings is 1. The van der Waals surface area contributed by atoms with Gasteiger partial charge in [-0.1, -0.05) is 29.8 Å². The summed E-state index contributed by atoms with van der Waals surface area (Å²) in [6.07, 6.45) is 0. The lowest BCUT2D eigenvalue weighted by atomic mass is 10.0. The Morgan fingerprint density at radius 3 is 2.44 bits per heavy atom. The Morgan fingerprint density at radius 1 is 1.22 bits per heavy atom. The summed E-state index contributed by atoms with van der Waals surface area (Å²) in [7, 11) is 0. The van der Waals surface area contributed by atoms with Gasteiger partial charge in [-0.3, -0.25) is 0 Å². The van der Waals surface area contributed by atoms with Crippen molar-refractivity contribution in [2.75, 3.05) is 39.3 Å². The van der Waals surface area contributed by atoms with Crippen LogP contribution in [0.3, 0.4) is 0 Å². The molecule has 0 aliphatic carbocycles. The maximum atomic E-state index is 6.33. The number of rotatable bonds is 4. The van der Waals surface area contributed by atoms with Crippen molar-refractivity contribution in [2.45, 2.75) is 13.0 Å². The summed E-state index contributed by atoms with van der Waals surface area (Å²) in [5, 5.41) is 0.893. The minimum Gasteiger partial charge on any atom is -0.352 e. The van der Waals surface area contributed by atoms with Gasteiger partial charge in [-0.2, -0.15) is 0 Å². The molecule has 0 bridgehead atoms. The molecule has 0 aromatic heterocycles. The highest BCUT2D eigenvalue weighted by molar-refractivity contribution is 6.31. The maximum absolute atomic E-state index is 6.33. The Labute approximate surface area is 115 Å². The highest BCUT2D eigenvalue weighted by Gasteiger charge is 2.31. The maximum Gasteiger partial charge on any atom is 0.164 e. The molecule has 0 radical (unpaired) electrons. The van der Waals surface area contributed by atoms with Gasteiger partial charge in [0.2, 0.25) is 0 Å². The summed E-state index contributed by atoms with van der Waals surface area (Å²) in [4.78, 5) is 3.37. The highest BCUT2D eigenvalue weighted by atomic mass is 35.5. The molecule has 1 aromatic rings. The Bertz CT molecular complexity index is 375. The second-order valence-electron chi connectivity index (χ2n) is 5.12. The van der Waals surface area contributed by atoms with Gasteiger partial charge in [-0.05, 0) is 13.0 Å². The molecule has 3 nitrogen and oxygen atoms in total. The Kier molecular flexibility index (Phi) is 5.01. The van der Waals surface area contributed by atoms with E-state index >= 15 is 0 Å². The third kappa shape index (κ3) is 3.04. The van der Waals surface area contributed by atoms with Crippen LogP contribution in [0.25, 0.3) is 0 Å². The van der Waals surface area contributed by atoms with E-state index < -0.39 is 0 Å². The topological polar surface area (TPSA) is 36.5 Å². The molecular formula is C14H25ClN3+3. The number of benzene rings is 1. The normalized spacial score (nSPS) is 25.9. The zero-order chi connectivity index (χ0) is 13.0. The molecule has 0 spiro atoms. The number of halogens is 1. The minimum atomic E-state index is 0.456. The van der Waals surface area contributed by atoms with E-state index in [1.165, 1.54) is 38.3 Å². The van der Waals surface area contributed by atoms with Crippen LogP contribution in [0, 0.1) is 0 Å². The summed E-state index contributed by atoms with van der Waals surface area (Å²) in [5.41, 5.74) is 5.40. The van der Waals surface area contributed by atoms with Crippen LogP contribution in [0.2, 0.25) is 5.02 Å². The van der Waals surface area contributed by atoms with Crippen LogP contribution < -0.4 is 15.5 Å². The second kappa shape index (κ2) is 6.53. The van der Waals surface area contributed by atoms with Crippen molar-refractivity contribution in [1.29, 1.82) is 0 Å². The van der Waals surface area contributed by atoms with Crippen LogP contribution in [0.5, 0.6) is 0 Å². The average molecular weight is 271 g/mol. The van der Waals surface area contributed by atoms with Gasteiger partial charge in [0.15, 0.2) is 6.04 Å². The monoisotopic (exact) mass is 270 g/mol. The first-order chi connectivity index (χ1) is 8.76. The van der Waals surface area contributed by atoms with Gasteiger partial charge in [0.05, 0.1) is 6.54 Å². The van der Waals surface area contributed by atoms with Crippen molar-refractivity contribution in [3.05, 3.63) is 34.9 Å². The summed E-state index contributed by atoms with van der Waals surface area (Å²) < 4.78 is 0. The van der Waals surface area contributed by atoms with Crippen molar-refractivity contribution in [1.82, 2.24) is 0 Å². The van der Waals surface area contributed by atoms with Crippen LogP contribution in [-0.4, -0.2) is 39.3 Å². The zero-order valence-corrected chi connectivity index (χ0v) is 12.0. The minimum absolute atomic E-state index is 0.456. The molecule has 18 heavy (non-hydrogen) atoms. The molecule has 1 atom stereocenters. The van der Waals surface area contributed by atoms with Crippen molar-refractivity contribution < 1.29 is 15.5 Å². The Balaban J connectivity index is 2.08. The van der Waals surface area contributed by atoms with Gasteiger partial charge in [0.25, 0.3) is 0 Å². The summed E-state index contributed by atoms with van der Waals surface area (Å²) in [6.45, 7) is 9.44. The van der Waals surface area contributed by atoms with Crippen LogP contribution in [-0.2, 0) is 0 Å². The molecule has 5 N–H and O–H groups in total. The van der Waals surface area contributed by atoms with Gasteiger partial charge in [-0.25, -0.2) is 0 Å². The van der Waals surface area contributed by atoms with E-state index in [2.05, 4.69) is 24.8 Å². The number of hydrogen-bond donors (Lipinski definition) is 3. The largest absolute Gasteiger partial charge is 0.352 e. The third-order valence-electron chi connectivity index (χ3n) is 4.16. The first-order valence-corrected chi connectivity index (χ1v) is 7.35. The van der Waals surface area contributed by atoms with E-state index in [0.29, 0.717) is 6.04 Å². The lowest BCUT2D eigenvalue weighted by molar-refractivity contribution is -1.03. The molecule has 1 aliphatic rings. The molecule has 0 unspecified atom stereocenters. The van der Waals surface area contributed by atoms with Crippen LogP contribution in [0.4, 0.5) is 0 Å². The molecule has 1 fully saturated rings. The van der Waals surface area contributed by atoms with E-state index in [0.717, 1.165) is 11.6 Å². The third-order valence-corrected chi connectivity index (χ3v) is 4.51. The standard InChI is InChI=1S/C14H22ClN3/c1-2-17-7-9-18(10-8-17)14(11-16)12-5-3-4-6-13(12)15/h3-6,14H,2,7-11,16H2,1H3/p+3/t14-/m1/s1. The lowest BCUT2D eigenvalue weighted by Gasteiger charge is -2.33. The van der Waals surface area contributed by atoms with Crippen molar-refractivity contribution in [3.63, 3.8) is 0 Å². The van der Waals surface area contributed by atoms with E-state index in [1.54, 1.807) is 9.80 Å². The molecule has 2 rings (SSSR count). The molecule has 4 heteroatoms. The fourth-order valence-corrected chi connectivity index (χ4v) is 3.23. The molecule has 1 heterocycles. The van der Waals surface area contributed by atoms with Gasteiger partial charge < -0.3 is 15.5 Å². The predicted octanol–water partition coefficient (Wildman–Crippen LogP) is -1.57. The fourth-order valence-electron chi connectivity index (χ4n) is 2.96. The molecule has 0 amide bonds. The summed E-state index contributed by atoms with van der Waals surface area (Å²) in [5.74, 6) is 0. The molecule has 0 saturated carbocycles. The second-order valence-corrected chi connectivity index (χ2v) is 5.53. The molecule has 1 aromatic carbocycles. The zero-order valence-electron chi connectivity index (χ0n) is 11.2. The van der Waals surface area contributed by atoms with E-state index in [1.807, 2.05) is 12.1 Å². The van der Waals surface area contributed by atoms with E-state index in [9.17, 15) is 0 Å². The molecule has 100 valence electrons. The smallest absolute Gasteiger partial charge is 0.164 e. The molecule has 1 aliphatic heterocycles. The number of hydrogen-bond acceptors (Lipinski definition) is 0. The molecule has 1 saturated heterocycles. The number of nitrogens with one attached hydrogen (secondary N) is 2. The van der Waals surface area contributed by atoms with E-state index in [4.69, 9.17) is 11.6 Å². The Hall–Kier alpha value is -0.610. The van der Waals surface area contributed by atoms with Gasteiger partial charge >= 0.3 is 0 Å². The Morgan fingerprint density at radius 2 is 1.89 bits per heavy atom. The SMILES string of the molecule is CC[NH+]1CC[NH+]([C@H](C[NH3+])c2ccccc2Cl)CC1. The van der Waals surface area contributed by atoms with Crippen molar-refractivity contribution >= 4 is 11.6 Å². The van der Waals surface area contributed by atoms with E-state index in [-0.39, 0.29) is 0 Å². The van der Waals surface area contributed by atoms with Crippen LogP contribution in [0.15, 0.2) is 24.3 Å². The van der Waals surface area contributed by atoms with Gasteiger partial charge in [0, 0.05) is 10.6 Å². The van der Waals surface area contributed by atoms with Gasteiger partial charge in [0.1, 0.15) is 32.7 Å².